The predicted octanol–water partition coefficient (Wildman–Crippen LogP) is 5.84. The fourth-order valence-corrected chi connectivity index (χ4v) is 2.96. The molecule has 0 amide bonds. The van der Waals surface area contributed by atoms with E-state index in [0.717, 1.165) is 21.1 Å². The number of hydrogen-bond acceptors (Lipinski definition) is 1. The van der Waals surface area contributed by atoms with E-state index in [0.29, 0.717) is 5.92 Å². The Labute approximate surface area is 142 Å². The summed E-state index contributed by atoms with van der Waals surface area (Å²) in [5.74, 6) is 0.229. The molecule has 1 nitrogen and oxygen atoms in total. The molecule has 1 N–H and O–H groups in total. The lowest BCUT2D eigenvalue weighted by Crippen LogP contribution is -2.25. The lowest BCUT2D eigenvalue weighted by Gasteiger charge is -2.23. The van der Waals surface area contributed by atoms with Gasteiger partial charge in [-0.1, -0.05) is 32.0 Å². The van der Waals surface area contributed by atoms with Gasteiger partial charge in [0.1, 0.15) is 5.82 Å². The van der Waals surface area contributed by atoms with Crippen molar-refractivity contribution in [2.45, 2.75) is 26.4 Å². The molecule has 2 aromatic carbocycles. The standard InChI is InChI=1S/C17H18Br2FN/c1-11(2)17(13-4-6-14(20)7-5-13)21-10-12-3-8-15(18)16(19)9-12/h3-9,11,17,21H,10H2,1-2H3. The quantitative estimate of drug-likeness (QED) is 0.648. The van der Waals surface area contributed by atoms with Crippen LogP contribution < -0.4 is 5.32 Å². The second-order valence-electron chi connectivity index (χ2n) is 5.40. The van der Waals surface area contributed by atoms with E-state index in [2.05, 4.69) is 63.2 Å². The first-order chi connectivity index (χ1) is 9.97. The molecule has 1 unspecified atom stereocenters. The zero-order valence-electron chi connectivity index (χ0n) is 12.0. The third kappa shape index (κ3) is 4.63. The van der Waals surface area contributed by atoms with Gasteiger partial charge in [-0.2, -0.15) is 0 Å². The molecular weight excluding hydrogens is 397 g/mol. The zero-order chi connectivity index (χ0) is 15.4. The van der Waals surface area contributed by atoms with Gasteiger partial charge in [0.05, 0.1) is 0 Å². The molecule has 0 heterocycles. The summed E-state index contributed by atoms with van der Waals surface area (Å²) in [5, 5.41) is 3.56. The van der Waals surface area contributed by atoms with Crippen molar-refractivity contribution < 1.29 is 4.39 Å². The van der Waals surface area contributed by atoms with Crippen molar-refractivity contribution in [1.29, 1.82) is 0 Å². The largest absolute Gasteiger partial charge is 0.306 e. The van der Waals surface area contributed by atoms with Crippen molar-refractivity contribution in [1.82, 2.24) is 5.32 Å². The summed E-state index contributed by atoms with van der Waals surface area (Å²) in [4.78, 5) is 0. The highest BCUT2D eigenvalue weighted by molar-refractivity contribution is 9.13. The van der Waals surface area contributed by atoms with Gasteiger partial charge in [0, 0.05) is 21.5 Å². The molecule has 0 spiro atoms. The van der Waals surface area contributed by atoms with Gasteiger partial charge in [-0.25, -0.2) is 4.39 Å². The lowest BCUT2D eigenvalue weighted by molar-refractivity contribution is 0.410. The molecule has 21 heavy (non-hydrogen) atoms. The summed E-state index contributed by atoms with van der Waals surface area (Å²) in [7, 11) is 0. The molecule has 0 radical (unpaired) electrons. The molecule has 0 saturated heterocycles. The molecule has 2 rings (SSSR count). The van der Waals surface area contributed by atoms with Crippen LogP contribution in [0.5, 0.6) is 0 Å². The number of halogens is 3. The highest BCUT2D eigenvalue weighted by Gasteiger charge is 2.15. The van der Waals surface area contributed by atoms with Crippen LogP contribution in [-0.4, -0.2) is 0 Å². The Morgan fingerprint density at radius 3 is 2.24 bits per heavy atom. The first-order valence-corrected chi connectivity index (χ1v) is 8.48. The molecule has 1 atom stereocenters. The van der Waals surface area contributed by atoms with Crippen molar-refractivity contribution in [3.8, 4) is 0 Å². The summed E-state index contributed by atoms with van der Waals surface area (Å²) >= 11 is 6.99. The van der Waals surface area contributed by atoms with Gasteiger partial charge in [0.25, 0.3) is 0 Å². The van der Waals surface area contributed by atoms with Crippen molar-refractivity contribution in [3.05, 3.63) is 68.4 Å². The Kier molecular flexibility index (Phi) is 5.97. The van der Waals surface area contributed by atoms with E-state index >= 15 is 0 Å². The molecule has 112 valence electrons. The Bertz CT molecular complexity index is 596. The minimum Gasteiger partial charge on any atom is -0.306 e. The second-order valence-corrected chi connectivity index (χ2v) is 7.11. The lowest BCUT2D eigenvalue weighted by atomic mass is 9.96. The van der Waals surface area contributed by atoms with E-state index in [9.17, 15) is 4.39 Å². The van der Waals surface area contributed by atoms with Crippen LogP contribution in [0.25, 0.3) is 0 Å². The van der Waals surface area contributed by atoms with Crippen LogP contribution in [-0.2, 0) is 6.54 Å². The van der Waals surface area contributed by atoms with E-state index in [1.807, 2.05) is 18.2 Å². The van der Waals surface area contributed by atoms with E-state index in [4.69, 9.17) is 0 Å². The average Bonchev–Trinajstić information content (AvgIpc) is 2.44. The van der Waals surface area contributed by atoms with Crippen molar-refractivity contribution in [3.63, 3.8) is 0 Å². The summed E-state index contributed by atoms with van der Waals surface area (Å²) in [6, 6.07) is 13.2. The fraction of sp³-hybridized carbons (Fsp3) is 0.294. The Balaban J connectivity index is 2.09. The highest BCUT2D eigenvalue weighted by atomic mass is 79.9. The van der Waals surface area contributed by atoms with Gasteiger partial charge in [0.15, 0.2) is 0 Å². The molecule has 0 aliphatic heterocycles. The van der Waals surface area contributed by atoms with E-state index in [1.165, 1.54) is 17.7 Å². The molecule has 0 aliphatic carbocycles. The van der Waals surface area contributed by atoms with Gasteiger partial charge in [-0.15, -0.1) is 0 Å². The number of hydrogen-bond donors (Lipinski definition) is 1. The van der Waals surface area contributed by atoms with E-state index < -0.39 is 0 Å². The second kappa shape index (κ2) is 7.52. The van der Waals surface area contributed by atoms with Crippen molar-refractivity contribution in [2.24, 2.45) is 5.92 Å². The van der Waals surface area contributed by atoms with Crippen molar-refractivity contribution in [2.75, 3.05) is 0 Å². The Hall–Kier alpha value is -0.710. The van der Waals surface area contributed by atoms with E-state index in [-0.39, 0.29) is 11.9 Å². The van der Waals surface area contributed by atoms with Gasteiger partial charge in [-0.05, 0) is 73.2 Å². The predicted molar refractivity (Wildman–Crippen MR) is 92.7 cm³/mol. The molecule has 0 aromatic heterocycles. The fourth-order valence-electron chi connectivity index (χ4n) is 2.29. The first-order valence-electron chi connectivity index (χ1n) is 6.90. The third-order valence-corrected chi connectivity index (χ3v) is 5.29. The monoisotopic (exact) mass is 413 g/mol. The minimum atomic E-state index is -0.196. The topological polar surface area (TPSA) is 12.0 Å². The van der Waals surface area contributed by atoms with Crippen LogP contribution in [0.15, 0.2) is 51.4 Å². The molecule has 0 aliphatic rings. The Morgan fingerprint density at radius 1 is 1.00 bits per heavy atom. The van der Waals surface area contributed by atoms with Crippen LogP contribution in [0, 0.1) is 11.7 Å². The molecule has 0 bridgehead atoms. The van der Waals surface area contributed by atoms with Crippen LogP contribution in [0.1, 0.15) is 31.0 Å². The van der Waals surface area contributed by atoms with Gasteiger partial charge in [0.2, 0.25) is 0 Å². The summed E-state index contributed by atoms with van der Waals surface area (Å²) in [5.41, 5.74) is 2.32. The maximum Gasteiger partial charge on any atom is 0.123 e. The molecule has 0 saturated carbocycles. The third-order valence-electron chi connectivity index (χ3n) is 3.41. The number of nitrogens with one attached hydrogen (secondary N) is 1. The number of benzene rings is 2. The number of rotatable bonds is 5. The summed E-state index contributed by atoms with van der Waals surface area (Å²) in [6.07, 6.45) is 0. The normalized spacial score (nSPS) is 12.7. The van der Waals surface area contributed by atoms with Gasteiger partial charge in [-0.3, -0.25) is 0 Å². The molecule has 2 aromatic rings. The Morgan fingerprint density at radius 2 is 1.67 bits per heavy atom. The highest BCUT2D eigenvalue weighted by Crippen LogP contribution is 2.25. The summed E-state index contributed by atoms with van der Waals surface area (Å²) < 4.78 is 15.1. The molecule has 4 heteroatoms. The van der Waals surface area contributed by atoms with Crippen molar-refractivity contribution >= 4 is 31.9 Å². The molecular formula is C17H18Br2FN. The average molecular weight is 415 g/mol. The van der Waals surface area contributed by atoms with Crippen LogP contribution >= 0.6 is 31.9 Å². The van der Waals surface area contributed by atoms with Crippen LogP contribution in [0.4, 0.5) is 4.39 Å². The maximum absolute atomic E-state index is 13.1. The maximum atomic E-state index is 13.1. The molecule has 0 fully saturated rings. The zero-order valence-corrected chi connectivity index (χ0v) is 15.2. The SMILES string of the molecule is CC(C)C(NCc1ccc(Br)c(Br)c1)c1ccc(F)cc1. The van der Waals surface area contributed by atoms with Gasteiger partial charge < -0.3 is 5.32 Å². The smallest absolute Gasteiger partial charge is 0.123 e. The van der Waals surface area contributed by atoms with Gasteiger partial charge >= 0.3 is 0 Å². The van der Waals surface area contributed by atoms with Crippen LogP contribution in [0.2, 0.25) is 0 Å². The first kappa shape index (κ1) is 16.7. The van der Waals surface area contributed by atoms with Crippen LogP contribution in [0.3, 0.4) is 0 Å². The summed E-state index contributed by atoms with van der Waals surface area (Å²) in [6.45, 7) is 5.10. The van der Waals surface area contributed by atoms with E-state index in [1.54, 1.807) is 0 Å². The minimum absolute atomic E-state index is 0.196.